The highest BCUT2D eigenvalue weighted by molar-refractivity contribution is 5.82. The first-order valence-electron chi connectivity index (χ1n) is 15.8. The Hall–Kier alpha value is -5.69. The van der Waals surface area contributed by atoms with Gasteiger partial charge in [0.1, 0.15) is 18.2 Å². The molecule has 7 nitrogen and oxygen atoms in total. The van der Waals surface area contributed by atoms with Gasteiger partial charge in [-0.15, -0.1) is 0 Å². The van der Waals surface area contributed by atoms with Crippen molar-refractivity contribution >= 4 is 18.0 Å². The summed E-state index contributed by atoms with van der Waals surface area (Å²) in [6.45, 7) is 0.0785. The number of amides is 2. The van der Waals surface area contributed by atoms with E-state index in [0.29, 0.717) is 0 Å². The number of hydrogen-bond donors (Lipinski definition) is 3. The number of rotatable bonds is 12. The number of hydrogen-bond acceptors (Lipinski definition) is 4. The van der Waals surface area contributed by atoms with Crippen molar-refractivity contribution < 1.29 is 24.2 Å². The van der Waals surface area contributed by atoms with Gasteiger partial charge >= 0.3 is 12.1 Å². The summed E-state index contributed by atoms with van der Waals surface area (Å²) in [6.07, 6.45) is -0.451. The van der Waals surface area contributed by atoms with Crippen LogP contribution in [0.4, 0.5) is 4.79 Å². The molecule has 1 atom stereocenters. The van der Waals surface area contributed by atoms with Crippen LogP contribution in [0.1, 0.15) is 53.0 Å². The summed E-state index contributed by atoms with van der Waals surface area (Å²) in [4.78, 5) is 38.6. The first-order valence-corrected chi connectivity index (χ1v) is 15.8. The molecule has 6 rings (SSSR count). The standard InChI is InChI=1S/C40H36N2O5/c43-37(42-40(28-15-4-1-5-16-28,29-17-6-2-7-18-29)30-19-8-3-9-20-30)26-14-25-36(38(44)45)41-39(46)47-27-35-33-23-12-10-21-31(33)32-22-11-13-24-34(32)35/h1-13,15-24,35-36H,14,25-27H2,(H,41,46)(H,42,43)(H,44,45)/t36-/m1/s1. The lowest BCUT2D eigenvalue weighted by Gasteiger charge is -2.37. The Balaban J connectivity index is 1.11. The SMILES string of the molecule is O=C(CCC[C@@H](NC(=O)OCC1c2ccccc2-c2ccccc21)C(=O)O)NC(c1ccccc1)(c1ccccc1)c1ccccc1. The minimum absolute atomic E-state index is 0.0575. The summed E-state index contributed by atoms with van der Waals surface area (Å²) in [5, 5.41) is 15.7. The van der Waals surface area contributed by atoms with Crippen LogP contribution in [0, 0.1) is 0 Å². The fourth-order valence-electron chi connectivity index (χ4n) is 6.56. The van der Waals surface area contributed by atoms with Crippen LogP contribution in [0.5, 0.6) is 0 Å². The average Bonchev–Trinajstić information content (AvgIpc) is 3.44. The van der Waals surface area contributed by atoms with E-state index in [2.05, 4.69) is 22.8 Å². The molecule has 0 unspecified atom stereocenters. The lowest BCUT2D eigenvalue weighted by atomic mass is 9.77. The van der Waals surface area contributed by atoms with Gasteiger partial charge in [0.2, 0.25) is 5.91 Å². The highest BCUT2D eigenvalue weighted by atomic mass is 16.5. The van der Waals surface area contributed by atoms with Crippen LogP contribution in [-0.4, -0.2) is 35.7 Å². The number of carbonyl (C=O) groups is 3. The number of benzene rings is 5. The van der Waals surface area contributed by atoms with Crippen LogP contribution in [-0.2, 0) is 19.9 Å². The van der Waals surface area contributed by atoms with Crippen LogP contribution >= 0.6 is 0 Å². The van der Waals surface area contributed by atoms with Gasteiger partial charge in [-0.05, 0) is 51.8 Å². The Morgan fingerprint density at radius 2 is 1.11 bits per heavy atom. The topological polar surface area (TPSA) is 105 Å². The van der Waals surface area contributed by atoms with E-state index in [4.69, 9.17) is 4.74 Å². The monoisotopic (exact) mass is 624 g/mol. The second-order valence-corrected chi connectivity index (χ2v) is 11.6. The van der Waals surface area contributed by atoms with E-state index in [1.807, 2.05) is 127 Å². The van der Waals surface area contributed by atoms with E-state index < -0.39 is 23.6 Å². The van der Waals surface area contributed by atoms with Gasteiger partial charge in [0, 0.05) is 12.3 Å². The maximum Gasteiger partial charge on any atom is 0.407 e. The summed E-state index contributed by atoms with van der Waals surface area (Å²) in [5.41, 5.74) is 6.07. The van der Waals surface area contributed by atoms with Gasteiger partial charge < -0.3 is 20.5 Å². The number of alkyl carbamates (subject to hydrolysis) is 1. The number of ether oxygens (including phenoxy) is 1. The molecular weight excluding hydrogens is 588 g/mol. The zero-order chi connectivity index (χ0) is 32.6. The highest BCUT2D eigenvalue weighted by Crippen LogP contribution is 2.44. The van der Waals surface area contributed by atoms with Crippen molar-refractivity contribution in [2.45, 2.75) is 36.8 Å². The predicted octanol–water partition coefficient (Wildman–Crippen LogP) is 7.26. The minimum Gasteiger partial charge on any atom is -0.480 e. The van der Waals surface area contributed by atoms with Gasteiger partial charge in [0.15, 0.2) is 0 Å². The molecule has 3 N–H and O–H groups in total. The molecule has 0 spiro atoms. The number of fused-ring (bicyclic) bond motifs is 3. The third-order valence-corrected chi connectivity index (χ3v) is 8.78. The number of aliphatic carboxylic acids is 1. The van der Waals surface area contributed by atoms with Crippen LogP contribution < -0.4 is 10.6 Å². The van der Waals surface area contributed by atoms with Crippen LogP contribution in [0.2, 0.25) is 0 Å². The Morgan fingerprint density at radius 1 is 0.660 bits per heavy atom. The molecule has 2 amide bonds. The van der Waals surface area contributed by atoms with Crippen molar-refractivity contribution in [1.29, 1.82) is 0 Å². The van der Waals surface area contributed by atoms with Crippen molar-refractivity contribution in [2.24, 2.45) is 0 Å². The van der Waals surface area contributed by atoms with Gasteiger partial charge in [-0.3, -0.25) is 4.79 Å². The quantitative estimate of drug-likeness (QED) is 0.127. The fourth-order valence-corrected chi connectivity index (χ4v) is 6.56. The summed E-state index contributed by atoms with van der Waals surface area (Å²) in [5.74, 6) is -1.57. The maximum atomic E-state index is 13.6. The molecule has 1 aliphatic rings. The Morgan fingerprint density at radius 3 is 1.57 bits per heavy atom. The number of carboxylic acid groups (broad SMARTS) is 1. The van der Waals surface area contributed by atoms with Crippen molar-refractivity contribution in [2.75, 3.05) is 6.61 Å². The molecule has 0 aliphatic heterocycles. The summed E-state index contributed by atoms with van der Waals surface area (Å²) in [6, 6.07) is 44.2. The van der Waals surface area contributed by atoms with Crippen LogP contribution in [0.15, 0.2) is 140 Å². The van der Waals surface area contributed by atoms with Crippen LogP contribution in [0.3, 0.4) is 0 Å². The van der Waals surface area contributed by atoms with Gasteiger partial charge in [-0.2, -0.15) is 0 Å². The Kier molecular flexibility index (Phi) is 9.43. The molecule has 5 aromatic carbocycles. The summed E-state index contributed by atoms with van der Waals surface area (Å²) >= 11 is 0. The van der Waals surface area contributed by atoms with Crippen molar-refractivity contribution in [3.05, 3.63) is 167 Å². The van der Waals surface area contributed by atoms with E-state index in [9.17, 15) is 19.5 Å². The van der Waals surface area contributed by atoms with Gasteiger partial charge in [0.25, 0.3) is 0 Å². The molecular formula is C40H36N2O5. The molecule has 0 aromatic heterocycles. The average molecular weight is 625 g/mol. The molecule has 0 radical (unpaired) electrons. The molecule has 0 bridgehead atoms. The Bertz CT molecular complexity index is 1700. The first-order chi connectivity index (χ1) is 23.0. The molecule has 236 valence electrons. The number of nitrogens with one attached hydrogen (secondary N) is 2. The summed E-state index contributed by atoms with van der Waals surface area (Å²) in [7, 11) is 0. The van der Waals surface area contributed by atoms with Crippen molar-refractivity contribution in [3.8, 4) is 11.1 Å². The van der Waals surface area contributed by atoms with Gasteiger partial charge in [0.05, 0.1) is 0 Å². The van der Waals surface area contributed by atoms with Crippen LogP contribution in [0.25, 0.3) is 11.1 Å². The van der Waals surface area contributed by atoms with Crippen molar-refractivity contribution in [1.82, 2.24) is 10.6 Å². The molecule has 0 saturated heterocycles. The molecule has 5 aromatic rings. The van der Waals surface area contributed by atoms with E-state index >= 15 is 0 Å². The second kappa shape index (κ2) is 14.2. The highest BCUT2D eigenvalue weighted by Gasteiger charge is 2.38. The third kappa shape index (κ3) is 6.65. The fraction of sp³-hybridized carbons (Fsp3) is 0.175. The molecule has 0 saturated carbocycles. The predicted molar refractivity (Wildman–Crippen MR) is 181 cm³/mol. The minimum atomic E-state index is -1.21. The smallest absolute Gasteiger partial charge is 0.407 e. The Labute approximate surface area is 274 Å². The molecule has 0 fully saturated rings. The van der Waals surface area contributed by atoms with E-state index in [1.165, 1.54) is 0 Å². The first kappa shape index (κ1) is 31.3. The van der Waals surface area contributed by atoms with E-state index in [0.717, 1.165) is 38.9 Å². The molecule has 1 aliphatic carbocycles. The zero-order valence-corrected chi connectivity index (χ0v) is 25.8. The zero-order valence-electron chi connectivity index (χ0n) is 25.8. The third-order valence-electron chi connectivity index (χ3n) is 8.78. The maximum absolute atomic E-state index is 13.6. The van der Waals surface area contributed by atoms with E-state index in [1.54, 1.807) is 0 Å². The number of carbonyl (C=O) groups excluding carboxylic acids is 2. The normalized spacial score (nSPS) is 12.8. The second-order valence-electron chi connectivity index (χ2n) is 11.6. The van der Waals surface area contributed by atoms with E-state index in [-0.39, 0.29) is 37.7 Å². The van der Waals surface area contributed by atoms with Gasteiger partial charge in [-0.1, -0.05) is 140 Å². The molecule has 7 heteroatoms. The van der Waals surface area contributed by atoms with Gasteiger partial charge in [-0.25, -0.2) is 9.59 Å². The largest absolute Gasteiger partial charge is 0.480 e. The number of carboxylic acids is 1. The lowest BCUT2D eigenvalue weighted by Crippen LogP contribution is -2.48. The molecule has 0 heterocycles. The lowest BCUT2D eigenvalue weighted by molar-refractivity contribution is -0.139. The summed E-state index contributed by atoms with van der Waals surface area (Å²) < 4.78 is 5.57. The van der Waals surface area contributed by atoms with Crippen molar-refractivity contribution in [3.63, 3.8) is 0 Å². The molecule has 47 heavy (non-hydrogen) atoms.